The third kappa shape index (κ3) is 7.65. The predicted octanol–water partition coefficient (Wildman–Crippen LogP) is 5.26. The van der Waals surface area contributed by atoms with Crippen molar-refractivity contribution in [1.82, 2.24) is 10.2 Å². The van der Waals surface area contributed by atoms with Gasteiger partial charge >= 0.3 is 6.09 Å². The number of benzene rings is 3. The third-order valence-corrected chi connectivity index (χ3v) is 7.98. The van der Waals surface area contributed by atoms with Crippen molar-refractivity contribution in [2.45, 2.75) is 57.0 Å². The molecular formula is C34H40N2O6. The van der Waals surface area contributed by atoms with Crippen LogP contribution in [-0.2, 0) is 27.4 Å². The minimum Gasteiger partial charge on any atom is -0.445 e. The monoisotopic (exact) mass is 572 g/mol. The Kier molecular flexibility index (Phi) is 10.4. The number of nitrogens with zero attached hydrogens (tertiary/aromatic N) is 1. The molecule has 0 unspecified atom stereocenters. The van der Waals surface area contributed by atoms with Crippen molar-refractivity contribution in [2.24, 2.45) is 0 Å². The molecule has 42 heavy (non-hydrogen) atoms. The number of amides is 1. The van der Waals surface area contributed by atoms with Gasteiger partial charge in [0, 0.05) is 31.1 Å². The molecule has 2 fully saturated rings. The smallest absolute Gasteiger partial charge is 0.407 e. The van der Waals surface area contributed by atoms with Crippen molar-refractivity contribution < 1.29 is 29.2 Å². The maximum Gasteiger partial charge on any atom is 0.407 e. The lowest BCUT2D eigenvalue weighted by Crippen LogP contribution is -2.42. The van der Waals surface area contributed by atoms with Crippen LogP contribution in [-0.4, -0.2) is 59.7 Å². The van der Waals surface area contributed by atoms with Gasteiger partial charge in [-0.25, -0.2) is 4.79 Å². The van der Waals surface area contributed by atoms with Crippen LogP contribution in [0.4, 0.5) is 4.79 Å². The van der Waals surface area contributed by atoms with E-state index in [0.29, 0.717) is 13.0 Å². The average Bonchev–Trinajstić information content (AvgIpc) is 3.49. The molecule has 0 radical (unpaired) electrons. The number of ether oxygens (including phenoxy) is 3. The summed E-state index contributed by atoms with van der Waals surface area (Å²) >= 11 is 0. The van der Waals surface area contributed by atoms with E-state index in [0.717, 1.165) is 59.3 Å². The first kappa shape index (κ1) is 29.9. The summed E-state index contributed by atoms with van der Waals surface area (Å²) in [6.07, 6.45) is 3.11. The molecule has 0 aliphatic carbocycles. The Balaban J connectivity index is 1.30. The van der Waals surface area contributed by atoms with Crippen LogP contribution >= 0.6 is 0 Å². The van der Waals surface area contributed by atoms with Gasteiger partial charge in [0.2, 0.25) is 0 Å². The number of hydrogen-bond donors (Lipinski definition) is 3. The van der Waals surface area contributed by atoms with Gasteiger partial charge in [0.05, 0.1) is 25.4 Å². The van der Waals surface area contributed by atoms with E-state index in [9.17, 15) is 15.0 Å². The Morgan fingerprint density at radius 3 is 2.52 bits per heavy atom. The molecule has 2 heterocycles. The standard InChI is InChI=1S/C34H40N2O6/c1-2-17-40-34(39)35-20-25-5-3-6-29(18-25)26-12-14-28(15-13-26)33-41-31(21-36-16-4-7-30(36)23-38)19-32(42-33)27-10-8-24(22-37)9-11-27/h2-3,5-6,8-15,18,30-33,37-38H,1,4,7,16-17,19-23H2,(H,35,39)/t30-,31+,32-,33-/m0/s1. The van der Waals surface area contributed by atoms with Gasteiger partial charge < -0.3 is 29.7 Å². The van der Waals surface area contributed by atoms with E-state index in [4.69, 9.17) is 14.2 Å². The van der Waals surface area contributed by atoms with Crippen LogP contribution in [0.3, 0.4) is 0 Å². The molecule has 4 atom stereocenters. The Hall–Kier alpha value is -3.53. The summed E-state index contributed by atoms with van der Waals surface area (Å²) < 4.78 is 18.0. The second-order valence-electron chi connectivity index (χ2n) is 10.9. The zero-order valence-corrected chi connectivity index (χ0v) is 23.9. The lowest BCUT2D eigenvalue weighted by Gasteiger charge is -2.38. The third-order valence-electron chi connectivity index (χ3n) is 7.98. The summed E-state index contributed by atoms with van der Waals surface area (Å²) in [5, 5.41) is 22.1. The summed E-state index contributed by atoms with van der Waals surface area (Å²) in [5.41, 5.74) is 5.90. The highest BCUT2D eigenvalue weighted by Gasteiger charge is 2.35. The van der Waals surface area contributed by atoms with Crippen LogP contribution in [0, 0.1) is 0 Å². The number of likely N-dealkylation sites (tertiary alicyclic amines) is 1. The normalized spacial score (nSPS) is 22.5. The number of hydrogen-bond acceptors (Lipinski definition) is 7. The highest BCUT2D eigenvalue weighted by molar-refractivity contribution is 5.68. The summed E-state index contributed by atoms with van der Waals surface area (Å²) in [5.74, 6) is 0. The molecule has 222 valence electrons. The number of carbonyl (C=O) groups is 1. The lowest BCUT2D eigenvalue weighted by atomic mass is 9.99. The maximum atomic E-state index is 11.8. The zero-order valence-electron chi connectivity index (χ0n) is 23.9. The molecule has 3 aromatic rings. The molecular weight excluding hydrogens is 532 g/mol. The van der Waals surface area contributed by atoms with Crippen LogP contribution < -0.4 is 5.32 Å². The maximum absolute atomic E-state index is 11.8. The molecule has 1 amide bonds. The Labute approximate surface area is 247 Å². The molecule has 3 N–H and O–H groups in total. The van der Waals surface area contributed by atoms with Crippen molar-refractivity contribution >= 4 is 6.09 Å². The molecule has 2 aliphatic heterocycles. The molecule has 8 heteroatoms. The highest BCUT2D eigenvalue weighted by Crippen LogP contribution is 2.39. The second kappa shape index (κ2) is 14.6. The summed E-state index contributed by atoms with van der Waals surface area (Å²) in [4.78, 5) is 14.1. The van der Waals surface area contributed by atoms with Gasteiger partial charge in [-0.15, -0.1) is 0 Å². The molecule has 0 spiro atoms. The van der Waals surface area contributed by atoms with Gasteiger partial charge in [-0.05, 0) is 53.3 Å². The fourth-order valence-corrected chi connectivity index (χ4v) is 5.69. The Bertz CT molecular complexity index is 1310. The van der Waals surface area contributed by atoms with Gasteiger partial charge in [-0.3, -0.25) is 4.90 Å². The first-order valence-electron chi connectivity index (χ1n) is 14.6. The fraction of sp³-hybridized carbons (Fsp3) is 0.382. The largest absolute Gasteiger partial charge is 0.445 e. The Morgan fingerprint density at radius 1 is 1.00 bits per heavy atom. The first-order valence-corrected chi connectivity index (χ1v) is 14.6. The number of aliphatic hydroxyl groups excluding tert-OH is 2. The number of aliphatic hydroxyl groups is 2. The van der Waals surface area contributed by atoms with E-state index in [1.807, 2.05) is 60.7 Å². The van der Waals surface area contributed by atoms with Crippen LogP contribution in [0.5, 0.6) is 0 Å². The van der Waals surface area contributed by atoms with E-state index in [2.05, 4.69) is 28.9 Å². The first-order chi connectivity index (χ1) is 20.6. The van der Waals surface area contributed by atoms with Crippen LogP contribution in [0.2, 0.25) is 0 Å². The van der Waals surface area contributed by atoms with Gasteiger partial charge in [-0.1, -0.05) is 79.4 Å². The molecule has 2 aliphatic rings. The van der Waals surface area contributed by atoms with Crippen molar-refractivity contribution in [3.05, 3.63) is 108 Å². The zero-order chi connectivity index (χ0) is 29.3. The molecule has 2 saturated heterocycles. The number of nitrogens with one attached hydrogen (secondary N) is 1. The summed E-state index contributed by atoms with van der Waals surface area (Å²) in [7, 11) is 0. The van der Waals surface area contributed by atoms with E-state index >= 15 is 0 Å². The number of alkyl carbamates (subject to hydrolysis) is 1. The highest BCUT2D eigenvalue weighted by atomic mass is 16.7. The van der Waals surface area contributed by atoms with Crippen molar-refractivity contribution in [3.8, 4) is 11.1 Å². The number of rotatable bonds is 11. The van der Waals surface area contributed by atoms with Crippen molar-refractivity contribution in [3.63, 3.8) is 0 Å². The molecule has 0 aromatic heterocycles. The minimum atomic E-state index is -0.535. The van der Waals surface area contributed by atoms with E-state index in [1.54, 1.807) is 0 Å². The molecule has 5 rings (SSSR count). The quantitative estimate of drug-likeness (QED) is 0.270. The number of carbonyl (C=O) groups excluding carboxylic acids is 1. The SMILES string of the molecule is C=CCOC(=O)NCc1cccc(-c2ccc([C@H]3O[C@@H](CN4CCC[C@H]4CO)C[C@@H](c4ccc(CO)cc4)O3)cc2)c1. The van der Waals surface area contributed by atoms with Gasteiger partial charge in [0.1, 0.15) is 6.61 Å². The predicted molar refractivity (Wildman–Crippen MR) is 160 cm³/mol. The van der Waals surface area contributed by atoms with E-state index in [-0.39, 0.29) is 38.1 Å². The average molecular weight is 573 g/mol. The van der Waals surface area contributed by atoms with Crippen LogP contribution in [0.15, 0.2) is 85.5 Å². The topological polar surface area (TPSA) is 100 Å². The molecule has 0 saturated carbocycles. The Morgan fingerprint density at radius 2 is 1.79 bits per heavy atom. The van der Waals surface area contributed by atoms with Crippen molar-refractivity contribution in [1.29, 1.82) is 0 Å². The molecule has 0 bridgehead atoms. The van der Waals surface area contributed by atoms with Gasteiger partial charge in [-0.2, -0.15) is 0 Å². The van der Waals surface area contributed by atoms with Crippen LogP contribution in [0.25, 0.3) is 11.1 Å². The summed E-state index contributed by atoms with van der Waals surface area (Å²) in [6, 6.07) is 24.3. The molecule has 3 aromatic carbocycles. The van der Waals surface area contributed by atoms with Gasteiger partial charge in [0.15, 0.2) is 6.29 Å². The lowest BCUT2D eigenvalue weighted by molar-refractivity contribution is -0.253. The summed E-state index contributed by atoms with van der Waals surface area (Å²) in [6.45, 7) is 5.96. The van der Waals surface area contributed by atoms with Crippen molar-refractivity contribution in [2.75, 3.05) is 26.3 Å². The van der Waals surface area contributed by atoms with Crippen LogP contribution in [0.1, 0.15) is 53.9 Å². The van der Waals surface area contributed by atoms with E-state index in [1.165, 1.54) is 6.08 Å². The fourth-order valence-electron chi connectivity index (χ4n) is 5.69. The van der Waals surface area contributed by atoms with E-state index < -0.39 is 12.4 Å². The molecule has 8 nitrogen and oxygen atoms in total. The second-order valence-corrected chi connectivity index (χ2v) is 10.9. The van der Waals surface area contributed by atoms with Gasteiger partial charge in [0.25, 0.3) is 0 Å². The minimum absolute atomic E-state index is 0.00567.